The first-order valence-corrected chi connectivity index (χ1v) is 3.85. The molecule has 0 spiro atoms. The summed E-state index contributed by atoms with van der Waals surface area (Å²) in [5.41, 5.74) is 0.775. The van der Waals surface area contributed by atoms with E-state index in [0.29, 0.717) is 0 Å². The fourth-order valence-corrected chi connectivity index (χ4v) is 0.752. The van der Waals surface area contributed by atoms with Crippen LogP contribution in [0.5, 0.6) is 0 Å². The molecule has 2 aromatic heterocycles. The Morgan fingerprint density at radius 1 is 1.17 bits per heavy atom. The third-order valence-electron chi connectivity index (χ3n) is 1.23. The molecule has 4 nitrogen and oxygen atoms in total. The molecule has 0 unspecified atom stereocenters. The van der Waals surface area contributed by atoms with E-state index < -0.39 is 0 Å². The molecular weight excluding hydrogens is 152 g/mol. The molecule has 2 aromatic rings. The molecule has 62 valence electrons. The monoisotopic (exact) mass is 162 g/mol. The largest absolute Gasteiger partial charge is 0.262 e. The van der Waals surface area contributed by atoms with Crippen LogP contribution in [0.25, 0.3) is 10.9 Å². The first-order chi connectivity index (χ1) is 5.97. The fourth-order valence-electron chi connectivity index (χ4n) is 0.752. The lowest BCUT2D eigenvalue weighted by molar-refractivity contribution is 0.893. The summed E-state index contributed by atoms with van der Waals surface area (Å²) in [7, 11) is 0. The summed E-state index contributed by atoms with van der Waals surface area (Å²) in [6.07, 6.45) is 5.01. The molecule has 0 atom stereocenters. The lowest BCUT2D eigenvalue weighted by Crippen LogP contribution is -1.86. The third-order valence-corrected chi connectivity index (χ3v) is 1.23. The zero-order valence-electron chi connectivity index (χ0n) is 7.10. The number of fused-ring (bicyclic) bond motifs is 1. The molecule has 0 aromatic carbocycles. The van der Waals surface area contributed by atoms with Gasteiger partial charge in [-0.3, -0.25) is 4.98 Å². The maximum absolute atomic E-state index is 3.88. The Hall–Kier alpha value is -1.58. The van der Waals surface area contributed by atoms with Gasteiger partial charge in [0.05, 0.1) is 12.4 Å². The van der Waals surface area contributed by atoms with Gasteiger partial charge in [0.2, 0.25) is 0 Å². The number of pyridine rings is 1. The van der Waals surface area contributed by atoms with Crippen LogP contribution in [0.2, 0.25) is 0 Å². The normalized spacial score (nSPS) is 8.83. The topological polar surface area (TPSA) is 51.6 Å². The van der Waals surface area contributed by atoms with Crippen molar-refractivity contribution in [1.29, 1.82) is 0 Å². The van der Waals surface area contributed by atoms with E-state index in [0.717, 1.165) is 10.9 Å². The molecule has 0 aliphatic heterocycles. The van der Waals surface area contributed by atoms with E-state index in [-0.39, 0.29) is 0 Å². The van der Waals surface area contributed by atoms with Crippen molar-refractivity contribution in [3.8, 4) is 0 Å². The highest BCUT2D eigenvalue weighted by Gasteiger charge is 1.90. The highest BCUT2D eigenvalue weighted by molar-refractivity contribution is 5.75. The smallest absolute Gasteiger partial charge is 0.115 e. The first kappa shape index (κ1) is 8.52. The summed E-state index contributed by atoms with van der Waals surface area (Å²) in [5.74, 6) is 0. The Balaban J connectivity index is 0.000000336. The number of rotatable bonds is 0. The van der Waals surface area contributed by atoms with Gasteiger partial charge in [-0.25, -0.2) is 0 Å². The molecule has 12 heavy (non-hydrogen) atoms. The van der Waals surface area contributed by atoms with Gasteiger partial charge in [-0.1, -0.05) is 13.8 Å². The minimum absolute atomic E-state index is 0.775. The van der Waals surface area contributed by atoms with E-state index >= 15 is 0 Å². The maximum Gasteiger partial charge on any atom is 0.115 e. The quantitative estimate of drug-likeness (QED) is 0.588. The van der Waals surface area contributed by atoms with Gasteiger partial charge >= 0.3 is 0 Å². The van der Waals surface area contributed by atoms with Gasteiger partial charge < -0.3 is 0 Å². The first-order valence-electron chi connectivity index (χ1n) is 3.85. The summed E-state index contributed by atoms with van der Waals surface area (Å²) >= 11 is 0. The van der Waals surface area contributed by atoms with Gasteiger partial charge in [0.15, 0.2) is 0 Å². The van der Waals surface area contributed by atoms with Gasteiger partial charge in [-0.2, -0.15) is 0 Å². The Labute approximate surface area is 70.7 Å². The average molecular weight is 162 g/mol. The summed E-state index contributed by atoms with van der Waals surface area (Å²) < 4.78 is 0. The maximum atomic E-state index is 3.88. The van der Waals surface area contributed by atoms with Crippen LogP contribution in [0, 0.1) is 0 Å². The highest BCUT2D eigenvalue weighted by Crippen LogP contribution is 2.03. The second kappa shape index (κ2) is 4.33. The predicted octanol–water partition coefficient (Wildman–Crippen LogP) is 1.45. The third kappa shape index (κ3) is 1.72. The molecule has 4 heteroatoms. The number of aromatic nitrogens is 4. The summed E-state index contributed by atoms with van der Waals surface area (Å²) in [5, 5.41) is 11.8. The molecule has 0 amide bonds. The van der Waals surface area contributed by atoms with E-state index in [4.69, 9.17) is 0 Å². The lowest BCUT2D eigenvalue weighted by Gasteiger charge is -1.88. The molecule has 0 bridgehead atoms. The van der Waals surface area contributed by atoms with Crippen LogP contribution in [0.15, 0.2) is 24.7 Å². The molecule has 0 radical (unpaired) electrons. The van der Waals surface area contributed by atoms with Crippen LogP contribution < -0.4 is 0 Å². The molecule has 2 rings (SSSR count). The summed E-state index contributed by atoms with van der Waals surface area (Å²) in [6, 6.07) is 1.84. The molecule has 0 aliphatic rings. The van der Waals surface area contributed by atoms with Gasteiger partial charge in [0, 0.05) is 11.6 Å². The zero-order chi connectivity index (χ0) is 8.81. The highest BCUT2D eigenvalue weighted by atomic mass is 15.3. The van der Waals surface area contributed by atoms with Crippen LogP contribution in [0.4, 0.5) is 0 Å². The summed E-state index contributed by atoms with van der Waals surface area (Å²) in [6.45, 7) is 4.00. The van der Waals surface area contributed by atoms with E-state index in [1.807, 2.05) is 19.9 Å². The van der Waals surface area contributed by atoms with Crippen molar-refractivity contribution >= 4 is 10.9 Å². The van der Waals surface area contributed by atoms with E-state index in [2.05, 4.69) is 20.4 Å². The van der Waals surface area contributed by atoms with Crippen LogP contribution >= 0.6 is 0 Å². The van der Waals surface area contributed by atoms with Gasteiger partial charge in [-0.15, -0.1) is 10.2 Å². The van der Waals surface area contributed by atoms with Crippen molar-refractivity contribution in [3.05, 3.63) is 24.7 Å². The van der Waals surface area contributed by atoms with Crippen LogP contribution in [-0.2, 0) is 0 Å². The van der Waals surface area contributed by atoms with E-state index in [9.17, 15) is 0 Å². The van der Waals surface area contributed by atoms with Crippen LogP contribution in [0.1, 0.15) is 13.8 Å². The standard InChI is InChI=1S/C6H4N4.C2H6/c1-2-7-4-6-5(1)3-8-10-9-6;1-2/h1-4H;1-2H3. The number of hydrogen-bond acceptors (Lipinski definition) is 4. The van der Waals surface area contributed by atoms with Crippen molar-refractivity contribution in [2.75, 3.05) is 0 Å². The molecule has 0 aliphatic carbocycles. The van der Waals surface area contributed by atoms with E-state index in [1.54, 1.807) is 18.6 Å². The number of hydrogen-bond donors (Lipinski definition) is 0. The van der Waals surface area contributed by atoms with Gasteiger partial charge in [0.1, 0.15) is 5.52 Å². The molecular formula is C8H10N4. The lowest BCUT2D eigenvalue weighted by atomic mass is 10.3. The van der Waals surface area contributed by atoms with Crippen LogP contribution in [-0.4, -0.2) is 20.4 Å². The average Bonchev–Trinajstić information content (AvgIpc) is 2.21. The van der Waals surface area contributed by atoms with E-state index in [1.165, 1.54) is 0 Å². The molecule has 0 N–H and O–H groups in total. The van der Waals surface area contributed by atoms with Crippen molar-refractivity contribution in [2.24, 2.45) is 0 Å². The Kier molecular flexibility index (Phi) is 3.07. The van der Waals surface area contributed by atoms with Crippen molar-refractivity contribution in [2.45, 2.75) is 13.8 Å². The fraction of sp³-hybridized carbons (Fsp3) is 0.250. The second-order valence-corrected chi connectivity index (χ2v) is 1.87. The molecule has 0 saturated carbocycles. The Morgan fingerprint density at radius 3 is 2.75 bits per heavy atom. The minimum Gasteiger partial charge on any atom is -0.262 e. The van der Waals surface area contributed by atoms with Gasteiger partial charge in [-0.05, 0) is 11.3 Å². The Morgan fingerprint density at radius 2 is 2.00 bits per heavy atom. The molecule has 0 fully saturated rings. The Bertz CT molecular complexity index is 282. The molecule has 0 saturated heterocycles. The summed E-state index contributed by atoms with van der Waals surface area (Å²) in [4.78, 5) is 3.88. The second-order valence-electron chi connectivity index (χ2n) is 1.87. The van der Waals surface area contributed by atoms with Crippen molar-refractivity contribution in [3.63, 3.8) is 0 Å². The predicted molar refractivity (Wildman–Crippen MR) is 46.5 cm³/mol. The molecule has 2 heterocycles. The number of nitrogens with zero attached hydrogens (tertiary/aromatic N) is 4. The van der Waals surface area contributed by atoms with Crippen molar-refractivity contribution < 1.29 is 0 Å². The zero-order valence-corrected chi connectivity index (χ0v) is 7.10. The van der Waals surface area contributed by atoms with Crippen molar-refractivity contribution in [1.82, 2.24) is 20.4 Å². The SMILES string of the molecule is CC.c1cc2cnnnc2cn1. The van der Waals surface area contributed by atoms with Gasteiger partial charge in [0.25, 0.3) is 0 Å². The van der Waals surface area contributed by atoms with Crippen LogP contribution in [0.3, 0.4) is 0 Å². The minimum atomic E-state index is 0.775.